The van der Waals surface area contributed by atoms with Crippen molar-refractivity contribution in [3.63, 3.8) is 0 Å². The first kappa shape index (κ1) is 21.0. The molecular formula is C21H25ClN4O3. The number of carbonyl (C=O) groups excluding carboxylic acids is 2. The number of aromatic hydroxyl groups is 1. The van der Waals surface area contributed by atoms with Crippen molar-refractivity contribution in [1.82, 2.24) is 9.80 Å². The van der Waals surface area contributed by atoms with E-state index in [0.29, 0.717) is 23.8 Å². The number of phenols is 1. The van der Waals surface area contributed by atoms with Gasteiger partial charge in [0.25, 0.3) is 0 Å². The average Bonchev–Trinajstić information content (AvgIpc) is 2.70. The Morgan fingerprint density at radius 2 is 1.69 bits per heavy atom. The summed E-state index contributed by atoms with van der Waals surface area (Å²) in [5.74, 6) is 0.0260. The van der Waals surface area contributed by atoms with Crippen LogP contribution >= 0.6 is 11.6 Å². The van der Waals surface area contributed by atoms with Crippen molar-refractivity contribution >= 4 is 34.8 Å². The lowest BCUT2D eigenvalue weighted by molar-refractivity contribution is -0.132. The minimum Gasteiger partial charge on any atom is -0.508 e. The number of piperazine rings is 1. The van der Waals surface area contributed by atoms with E-state index in [1.54, 1.807) is 48.3 Å². The van der Waals surface area contributed by atoms with Gasteiger partial charge in [0.15, 0.2) is 0 Å². The minimum atomic E-state index is -0.217. The predicted molar refractivity (Wildman–Crippen MR) is 114 cm³/mol. The van der Waals surface area contributed by atoms with Gasteiger partial charge >= 0.3 is 0 Å². The number of carbonyl (C=O) groups is 2. The van der Waals surface area contributed by atoms with Gasteiger partial charge in [0.1, 0.15) is 5.75 Å². The van der Waals surface area contributed by atoms with Gasteiger partial charge < -0.3 is 20.2 Å². The molecule has 2 aromatic carbocycles. The van der Waals surface area contributed by atoms with Gasteiger partial charge in [-0.3, -0.25) is 14.5 Å². The molecule has 154 valence electrons. The summed E-state index contributed by atoms with van der Waals surface area (Å²) >= 11 is 6.05. The SMILES string of the molecule is CN(CC(=O)Nc1ccccc1Cl)CC(=O)N1CCN(c2ccc(O)cc2)CC1. The lowest BCUT2D eigenvalue weighted by atomic mass is 10.2. The van der Waals surface area contributed by atoms with E-state index in [4.69, 9.17) is 11.6 Å². The Morgan fingerprint density at radius 3 is 2.34 bits per heavy atom. The Bertz CT molecular complexity index is 851. The van der Waals surface area contributed by atoms with Crippen LogP contribution in [-0.4, -0.2) is 73.0 Å². The van der Waals surface area contributed by atoms with Crippen molar-refractivity contribution in [2.45, 2.75) is 0 Å². The Labute approximate surface area is 175 Å². The molecule has 0 aromatic heterocycles. The van der Waals surface area contributed by atoms with Crippen molar-refractivity contribution in [2.24, 2.45) is 0 Å². The molecule has 0 radical (unpaired) electrons. The van der Waals surface area contributed by atoms with Crippen LogP contribution in [0.25, 0.3) is 0 Å². The highest BCUT2D eigenvalue weighted by Gasteiger charge is 2.22. The summed E-state index contributed by atoms with van der Waals surface area (Å²) in [6.07, 6.45) is 0. The van der Waals surface area contributed by atoms with E-state index in [-0.39, 0.29) is 30.7 Å². The zero-order valence-corrected chi connectivity index (χ0v) is 17.1. The number of rotatable bonds is 6. The lowest BCUT2D eigenvalue weighted by Crippen LogP contribution is -2.51. The van der Waals surface area contributed by atoms with Crippen LogP contribution in [0.2, 0.25) is 5.02 Å². The Morgan fingerprint density at radius 1 is 1.03 bits per heavy atom. The third-order valence-corrected chi connectivity index (χ3v) is 5.14. The second kappa shape index (κ2) is 9.62. The zero-order chi connectivity index (χ0) is 20.8. The Kier molecular flexibility index (Phi) is 6.95. The molecule has 0 unspecified atom stereocenters. The van der Waals surface area contributed by atoms with E-state index in [0.717, 1.165) is 18.8 Å². The summed E-state index contributed by atoms with van der Waals surface area (Å²) in [4.78, 5) is 30.5. The van der Waals surface area contributed by atoms with E-state index in [1.165, 1.54) is 0 Å². The maximum absolute atomic E-state index is 12.6. The average molecular weight is 417 g/mol. The van der Waals surface area contributed by atoms with Crippen LogP contribution in [0.5, 0.6) is 5.75 Å². The molecule has 2 N–H and O–H groups in total. The maximum atomic E-state index is 12.6. The highest BCUT2D eigenvalue weighted by molar-refractivity contribution is 6.33. The highest BCUT2D eigenvalue weighted by atomic mass is 35.5. The van der Waals surface area contributed by atoms with E-state index in [2.05, 4.69) is 10.2 Å². The summed E-state index contributed by atoms with van der Waals surface area (Å²) in [5, 5.41) is 12.6. The largest absolute Gasteiger partial charge is 0.508 e. The van der Waals surface area contributed by atoms with Crippen LogP contribution in [0.1, 0.15) is 0 Å². The summed E-state index contributed by atoms with van der Waals surface area (Å²) in [6.45, 7) is 2.98. The fourth-order valence-electron chi connectivity index (χ4n) is 3.26. The van der Waals surface area contributed by atoms with Crippen LogP contribution in [0.3, 0.4) is 0 Å². The van der Waals surface area contributed by atoms with Gasteiger partial charge in [-0.05, 0) is 43.4 Å². The van der Waals surface area contributed by atoms with Gasteiger partial charge in [-0.2, -0.15) is 0 Å². The maximum Gasteiger partial charge on any atom is 0.238 e. The van der Waals surface area contributed by atoms with Crippen LogP contribution in [0, 0.1) is 0 Å². The first-order valence-electron chi connectivity index (χ1n) is 9.47. The molecule has 1 heterocycles. The molecule has 1 fully saturated rings. The second-order valence-corrected chi connectivity index (χ2v) is 7.49. The molecule has 7 nitrogen and oxygen atoms in total. The summed E-state index contributed by atoms with van der Waals surface area (Å²) in [5.41, 5.74) is 1.59. The summed E-state index contributed by atoms with van der Waals surface area (Å²) in [7, 11) is 1.75. The van der Waals surface area contributed by atoms with Crippen molar-refractivity contribution in [3.05, 3.63) is 53.6 Å². The quantitative estimate of drug-likeness (QED) is 0.755. The number of hydrogen-bond acceptors (Lipinski definition) is 5. The fraction of sp³-hybridized carbons (Fsp3) is 0.333. The molecule has 1 aliphatic rings. The van der Waals surface area contributed by atoms with Crippen LogP contribution in [0.15, 0.2) is 48.5 Å². The molecule has 3 rings (SSSR count). The van der Waals surface area contributed by atoms with Crippen molar-refractivity contribution in [1.29, 1.82) is 0 Å². The van der Waals surface area contributed by atoms with Crippen molar-refractivity contribution in [3.8, 4) is 5.75 Å². The van der Waals surface area contributed by atoms with Gasteiger partial charge in [-0.25, -0.2) is 0 Å². The highest BCUT2D eigenvalue weighted by Crippen LogP contribution is 2.21. The van der Waals surface area contributed by atoms with E-state index in [1.807, 2.05) is 17.0 Å². The molecule has 1 saturated heterocycles. The zero-order valence-electron chi connectivity index (χ0n) is 16.3. The lowest BCUT2D eigenvalue weighted by Gasteiger charge is -2.36. The smallest absolute Gasteiger partial charge is 0.238 e. The molecule has 0 atom stereocenters. The first-order valence-corrected chi connectivity index (χ1v) is 9.85. The number of anilines is 2. The molecule has 2 amide bonds. The van der Waals surface area contributed by atoms with Crippen LogP contribution < -0.4 is 10.2 Å². The Balaban J connectivity index is 1.43. The van der Waals surface area contributed by atoms with Gasteiger partial charge in [0, 0.05) is 31.9 Å². The molecule has 8 heteroatoms. The topological polar surface area (TPSA) is 76.1 Å². The number of amides is 2. The third-order valence-electron chi connectivity index (χ3n) is 4.81. The molecule has 0 spiro atoms. The van der Waals surface area contributed by atoms with Crippen LogP contribution in [0.4, 0.5) is 11.4 Å². The number of nitrogens with zero attached hydrogens (tertiary/aromatic N) is 3. The van der Waals surface area contributed by atoms with E-state index in [9.17, 15) is 14.7 Å². The number of halogens is 1. The number of para-hydroxylation sites is 1. The minimum absolute atomic E-state index is 0.00315. The monoisotopic (exact) mass is 416 g/mol. The molecule has 29 heavy (non-hydrogen) atoms. The van der Waals surface area contributed by atoms with Crippen molar-refractivity contribution < 1.29 is 14.7 Å². The molecule has 0 aliphatic carbocycles. The third kappa shape index (κ3) is 5.85. The summed E-state index contributed by atoms with van der Waals surface area (Å²) < 4.78 is 0. The number of phenolic OH excluding ortho intramolecular Hbond substituents is 1. The predicted octanol–water partition coefficient (Wildman–Crippen LogP) is 2.26. The number of nitrogens with one attached hydrogen (secondary N) is 1. The number of hydrogen-bond donors (Lipinski definition) is 2. The number of benzene rings is 2. The summed E-state index contributed by atoms with van der Waals surface area (Å²) in [6, 6.07) is 14.1. The molecular weight excluding hydrogens is 392 g/mol. The molecule has 1 aliphatic heterocycles. The normalized spacial score (nSPS) is 14.2. The van der Waals surface area contributed by atoms with E-state index >= 15 is 0 Å². The van der Waals surface area contributed by atoms with Gasteiger partial charge in [0.2, 0.25) is 11.8 Å². The molecule has 2 aromatic rings. The van der Waals surface area contributed by atoms with Crippen LogP contribution in [-0.2, 0) is 9.59 Å². The van der Waals surface area contributed by atoms with Gasteiger partial charge in [0.05, 0.1) is 23.8 Å². The molecule has 0 bridgehead atoms. The standard InChI is InChI=1S/C21H25ClN4O3/c1-24(14-20(28)23-19-5-3-2-4-18(19)22)15-21(29)26-12-10-25(11-13-26)16-6-8-17(27)9-7-16/h2-9,27H,10-15H2,1H3,(H,23,28). The number of likely N-dealkylation sites (N-methyl/N-ethyl adjacent to an activating group) is 1. The van der Waals surface area contributed by atoms with Gasteiger partial charge in [-0.15, -0.1) is 0 Å². The Hall–Kier alpha value is -2.77. The fourth-order valence-corrected chi connectivity index (χ4v) is 3.44. The van der Waals surface area contributed by atoms with Crippen molar-refractivity contribution in [2.75, 3.05) is 56.5 Å². The first-order chi connectivity index (χ1) is 13.9. The second-order valence-electron chi connectivity index (χ2n) is 7.08. The van der Waals surface area contributed by atoms with Gasteiger partial charge in [-0.1, -0.05) is 23.7 Å². The molecule has 0 saturated carbocycles. The van der Waals surface area contributed by atoms with E-state index < -0.39 is 0 Å².